The Hall–Kier alpha value is -4.11. The van der Waals surface area contributed by atoms with Gasteiger partial charge in [-0.15, -0.1) is 0 Å². The van der Waals surface area contributed by atoms with E-state index in [1.54, 1.807) is 24.3 Å². The van der Waals surface area contributed by atoms with Crippen LogP contribution in [0.4, 0.5) is 10.5 Å². The minimum atomic E-state index is -0.360. The summed E-state index contributed by atoms with van der Waals surface area (Å²) in [7, 11) is 0. The Kier molecular flexibility index (Phi) is 5.21. The molecule has 4 aromatic rings. The molecule has 1 unspecified atom stereocenters. The number of carbonyl (C=O) groups is 1. The normalized spacial score (nSPS) is 11.6. The van der Waals surface area contributed by atoms with E-state index in [0.29, 0.717) is 23.5 Å². The highest BCUT2D eigenvalue weighted by Gasteiger charge is 2.19. The number of hydrogen-bond donors (Lipinski definition) is 3. The Morgan fingerprint density at radius 2 is 1.83 bits per heavy atom. The number of fused-ring (bicyclic) bond motifs is 1. The number of benzene rings is 3. The largest absolute Gasteiger partial charge is 0.340 e. The average molecular weight is 381 g/mol. The van der Waals surface area contributed by atoms with Gasteiger partial charge < -0.3 is 15.6 Å². The second-order valence-corrected chi connectivity index (χ2v) is 6.67. The molecule has 2 amide bonds. The molecule has 6 heteroatoms. The number of nitriles is 1. The molecule has 0 saturated heterocycles. The summed E-state index contributed by atoms with van der Waals surface area (Å²) in [5, 5.41) is 14.8. The highest BCUT2D eigenvalue weighted by Crippen LogP contribution is 2.20. The van der Waals surface area contributed by atoms with Gasteiger partial charge in [-0.3, -0.25) is 0 Å². The number of para-hydroxylation sites is 2. The van der Waals surface area contributed by atoms with E-state index in [0.717, 1.165) is 16.6 Å². The van der Waals surface area contributed by atoms with E-state index in [2.05, 4.69) is 26.7 Å². The van der Waals surface area contributed by atoms with Crippen molar-refractivity contribution in [3.8, 4) is 6.07 Å². The van der Waals surface area contributed by atoms with Crippen LogP contribution in [0.2, 0.25) is 0 Å². The molecule has 1 heterocycles. The number of aromatic amines is 1. The first-order valence-corrected chi connectivity index (χ1v) is 9.27. The van der Waals surface area contributed by atoms with Gasteiger partial charge in [0.05, 0.1) is 28.7 Å². The molecular weight excluding hydrogens is 362 g/mol. The molecule has 6 nitrogen and oxygen atoms in total. The van der Waals surface area contributed by atoms with Crippen LogP contribution in [0.5, 0.6) is 0 Å². The molecule has 0 aliphatic heterocycles. The number of anilines is 1. The summed E-state index contributed by atoms with van der Waals surface area (Å²) in [6, 6.07) is 25.9. The lowest BCUT2D eigenvalue weighted by Crippen LogP contribution is -2.34. The first-order chi connectivity index (χ1) is 14.2. The van der Waals surface area contributed by atoms with Crippen LogP contribution in [0.25, 0.3) is 11.0 Å². The second kappa shape index (κ2) is 8.28. The maximum atomic E-state index is 12.7. The molecule has 3 N–H and O–H groups in total. The molecule has 0 saturated carbocycles. The topological polar surface area (TPSA) is 93.6 Å². The molecule has 29 heavy (non-hydrogen) atoms. The molecular formula is C23H19N5O. The predicted molar refractivity (Wildman–Crippen MR) is 112 cm³/mol. The Bertz CT molecular complexity index is 1140. The SMILES string of the molecule is N#Cc1cccc(NC(=O)NC(Cc2ccccc2)c2nc3ccccc3[nH]2)c1. The highest BCUT2D eigenvalue weighted by atomic mass is 16.2. The summed E-state index contributed by atoms with van der Waals surface area (Å²) < 4.78 is 0. The maximum absolute atomic E-state index is 12.7. The molecule has 1 atom stereocenters. The van der Waals surface area contributed by atoms with Crippen molar-refractivity contribution in [1.82, 2.24) is 15.3 Å². The number of nitrogens with zero attached hydrogens (tertiary/aromatic N) is 2. The summed E-state index contributed by atoms with van der Waals surface area (Å²) >= 11 is 0. The van der Waals surface area contributed by atoms with Crippen LogP contribution in [0, 0.1) is 11.3 Å². The van der Waals surface area contributed by atoms with Crippen molar-refractivity contribution in [1.29, 1.82) is 5.26 Å². The van der Waals surface area contributed by atoms with Gasteiger partial charge in [0, 0.05) is 5.69 Å². The van der Waals surface area contributed by atoms with Crippen molar-refractivity contribution >= 4 is 22.8 Å². The van der Waals surface area contributed by atoms with Crippen molar-refractivity contribution in [2.75, 3.05) is 5.32 Å². The fraction of sp³-hybridized carbons (Fsp3) is 0.0870. The molecule has 142 valence electrons. The summed E-state index contributed by atoms with van der Waals surface area (Å²) in [4.78, 5) is 20.6. The Morgan fingerprint density at radius 3 is 2.62 bits per heavy atom. The van der Waals surface area contributed by atoms with Crippen LogP contribution < -0.4 is 10.6 Å². The Morgan fingerprint density at radius 1 is 1.03 bits per heavy atom. The van der Waals surface area contributed by atoms with Crippen molar-refractivity contribution < 1.29 is 4.79 Å². The van der Waals surface area contributed by atoms with E-state index >= 15 is 0 Å². The number of H-pyrrole nitrogens is 1. The van der Waals surface area contributed by atoms with Crippen molar-refractivity contribution in [3.05, 3.63) is 95.8 Å². The van der Waals surface area contributed by atoms with Gasteiger partial charge in [-0.2, -0.15) is 5.26 Å². The molecule has 0 radical (unpaired) electrons. The van der Waals surface area contributed by atoms with E-state index in [9.17, 15) is 4.79 Å². The van der Waals surface area contributed by atoms with Crippen molar-refractivity contribution in [3.63, 3.8) is 0 Å². The fourth-order valence-corrected chi connectivity index (χ4v) is 3.20. The first-order valence-electron chi connectivity index (χ1n) is 9.27. The van der Waals surface area contributed by atoms with E-state index in [4.69, 9.17) is 5.26 Å². The van der Waals surface area contributed by atoms with Crippen LogP contribution in [0.15, 0.2) is 78.9 Å². The predicted octanol–water partition coefficient (Wildman–Crippen LogP) is 4.54. The zero-order chi connectivity index (χ0) is 20.1. The number of amides is 2. The molecule has 0 bridgehead atoms. The Labute approximate surface area is 168 Å². The summed E-state index contributed by atoms with van der Waals surface area (Å²) in [6.45, 7) is 0. The van der Waals surface area contributed by atoms with E-state index in [1.165, 1.54) is 0 Å². The third-order valence-corrected chi connectivity index (χ3v) is 4.58. The van der Waals surface area contributed by atoms with Crippen LogP contribution in [0.3, 0.4) is 0 Å². The van der Waals surface area contributed by atoms with E-state index < -0.39 is 0 Å². The van der Waals surface area contributed by atoms with E-state index in [1.807, 2.05) is 54.6 Å². The van der Waals surface area contributed by atoms with Gasteiger partial charge >= 0.3 is 6.03 Å². The average Bonchev–Trinajstić information content (AvgIpc) is 3.18. The van der Waals surface area contributed by atoms with Gasteiger partial charge in [-0.05, 0) is 42.3 Å². The lowest BCUT2D eigenvalue weighted by Gasteiger charge is -2.17. The fourth-order valence-electron chi connectivity index (χ4n) is 3.20. The molecule has 1 aromatic heterocycles. The number of imidazole rings is 1. The van der Waals surface area contributed by atoms with Gasteiger partial charge in [0.15, 0.2) is 0 Å². The van der Waals surface area contributed by atoms with Gasteiger partial charge in [0.1, 0.15) is 5.82 Å². The summed E-state index contributed by atoms with van der Waals surface area (Å²) in [6.07, 6.45) is 0.590. The van der Waals surface area contributed by atoms with Crippen molar-refractivity contribution in [2.24, 2.45) is 0 Å². The molecule has 4 rings (SSSR count). The summed E-state index contributed by atoms with van der Waals surface area (Å²) in [5.74, 6) is 0.691. The monoisotopic (exact) mass is 381 g/mol. The van der Waals surface area contributed by atoms with Gasteiger partial charge in [0.2, 0.25) is 0 Å². The number of rotatable bonds is 5. The van der Waals surface area contributed by atoms with Crippen LogP contribution in [0.1, 0.15) is 23.0 Å². The molecule has 0 aliphatic carbocycles. The van der Waals surface area contributed by atoms with Crippen LogP contribution in [-0.2, 0) is 6.42 Å². The quantitative estimate of drug-likeness (QED) is 0.474. The van der Waals surface area contributed by atoms with Gasteiger partial charge in [0.25, 0.3) is 0 Å². The maximum Gasteiger partial charge on any atom is 0.319 e. The second-order valence-electron chi connectivity index (χ2n) is 6.67. The number of hydrogen-bond acceptors (Lipinski definition) is 3. The number of carbonyl (C=O) groups excluding carboxylic acids is 1. The highest BCUT2D eigenvalue weighted by molar-refractivity contribution is 5.89. The van der Waals surface area contributed by atoms with E-state index in [-0.39, 0.29) is 12.1 Å². The zero-order valence-corrected chi connectivity index (χ0v) is 15.6. The number of urea groups is 1. The number of aromatic nitrogens is 2. The van der Waals surface area contributed by atoms with Gasteiger partial charge in [-0.25, -0.2) is 9.78 Å². The third kappa shape index (κ3) is 4.42. The van der Waals surface area contributed by atoms with Crippen LogP contribution >= 0.6 is 0 Å². The standard InChI is InChI=1S/C23H19N5O/c24-15-17-9-6-10-18(13-17)25-23(29)28-21(14-16-7-2-1-3-8-16)22-26-19-11-4-5-12-20(19)27-22/h1-13,21H,14H2,(H,26,27)(H2,25,28,29). The molecule has 0 fully saturated rings. The third-order valence-electron chi connectivity index (χ3n) is 4.58. The molecule has 0 aliphatic rings. The number of nitrogens with one attached hydrogen (secondary N) is 3. The first kappa shape index (κ1) is 18.3. The molecule has 0 spiro atoms. The molecule has 3 aromatic carbocycles. The summed E-state index contributed by atoms with van der Waals surface area (Å²) in [5.41, 5.74) is 3.91. The van der Waals surface area contributed by atoms with Crippen molar-refractivity contribution in [2.45, 2.75) is 12.5 Å². The lowest BCUT2D eigenvalue weighted by atomic mass is 10.1. The van der Waals surface area contributed by atoms with Crippen LogP contribution in [-0.4, -0.2) is 16.0 Å². The smallest absolute Gasteiger partial charge is 0.319 e. The minimum absolute atomic E-state index is 0.344. The Balaban J connectivity index is 1.57. The van der Waals surface area contributed by atoms with Gasteiger partial charge in [-0.1, -0.05) is 48.5 Å². The lowest BCUT2D eigenvalue weighted by molar-refractivity contribution is 0.248. The minimum Gasteiger partial charge on any atom is -0.340 e. The zero-order valence-electron chi connectivity index (χ0n) is 15.6.